The van der Waals surface area contributed by atoms with Crippen LogP contribution in [0.2, 0.25) is 0 Å². The Morgan fingerprint density at radius 3 is 2.75 bits per heavy atom. The molecule has 8 heteroatoms. The molecular weight excluding hydrogens is 361 g/mol. The largest absolute Gasteiger partial charge is 0.325 e. The summed E-state index contributed by atoms with van der Waals surface area (Å²) in [4.78, 5) is 26.1. The topological polar surface area (TPSA) is 79.3 Å². The van der Waals surface area contributed by atoms with Crippen molar-refractivity contribution in [1.82, 2.24) is 14.7 Å². The maximum atomic E-state index is 13.2. The maximum absolute atomic E-state index is 13.2. The fourth-order valence-electron chi connectivity index (χ4n) is 3.44. The first-order valence-corrected chi connectivity index (χ1v) is 9.58. The Hall–Kier alpha value is -2.74. The highest BCUT2D eigenvalue weighted by atomic mass is 19.1. The number of hydrogen-bond donors (Lipinski definition) is 2. The van der Waals surface area contributed by atoms with Crippen LogP contribution in [0.5, 0.6) is 0 Å². The van der Waals surface area contributed by atoms with E-state index >= 15 is 0 Å². The zero-order valence-corrected chi connectivity index (χ0v) is 16.0. The van der Waals surface area contributed by atoms with Gasteiger partial charge in [0.15, 0.2) is 0 Å². The Kier molecular flexibility index (Phi) is 6.76. The highest BCUT2D eigenvalue weighted by molar-refractivity contribution is 5.92. The Labute approximate surface area is 163 Å². The molecule has 1 aromatic carbocycles. The van der Waals surface area contributed by atoms with Gasteiger partial charge in [-0.25, -0.2) is 9.07 Å². The van der Waals surface area contributed by atoms with Gasteiger partial charge in [-0.05, 0) is 38.1 Å². The second-order valence-corrected chi connectivity index (χ2v) is 7.19. The first-order valence-electron chi connectivity index (χ1n) is 9.58. The third-order valence-electron chi connectivity index (χ3n) is 4.85. The molecule has 2 aromatic rings. The molecule has 1 aliphatic carbocycles. The summed E-state index contributed by atoms with van der Waals surface area (Å²) in [7, 11) is 1.77. The second-order valence-electron chi connectivity index (χ2n) is 7.19. The molecule has 2 N–H and O–H groups in total. The van der Waals surface area contributed by atoms with Gasteiger partial charge in [-0.3, -0.25) is 14.5 Å². The van der Waals surface area contributed by atoms with Crippen LogP contribution in [0, 0.1) is 5.82 Å². The van der Waals surface area contributed by atoms with Crippen LogP contribution in [0.25, 0.3) is 0 Å². The van der Waals surface area contributed by atoms with Gasteiger partial charge in [-0.15, -0.1) is 0 Å². The van der Waals surface area contributed by atoms with E-state index in [4.69, 9.17) is 0 Å². The fraction of sp³-hybridized carbons (Fsp3) is 0.450. The molecular formula is C20H26FN5O2. The predicted molar refractivity (Wildman–Crippen MR) is 106 cm³/mol. The smallest absolute Gasteiger partial charge is 0.238 e. The van der Waals surface area contributed by atoms with Crippen LogP contribution < -0.4 is 10.6 Å². The molecule has 1 saturated carbocycles. The van der Waals surface area contributed by atoms with Crippen LogP contribution in [0.3, 0.4) is 0 Å². The normalized spacial score (nSPS) is 14.4. The van der Waals surface area contributed by atoms with Crippen LogP contribution in [0.15, 0.2) is 36.5 Å². The molecule has 1 aromatic heterocycles. The number of amides is 2. The standard InChI is InChI=1S/C20H26FN5O2/c1-25(14-20(28)23-16-6-4-5-15(21)13-16)12-10-19(27)24-18-9-11-22-26(18)17-7-2-3-8-17/h4-6,9,11,13,17H,2-3,7-8,10,12,14H2,1H3,(H,23,28)(H,24,27). The second kappa shape index (κ2) is 9.45. The molecule has 1 heterocycles. The number of hydrogen-bond acceptors (Lipinski definition) is 4. The van der Waals surface area contributed by atoms with Gasteiger partial charge < -0.3 is 10.6 Å². The van der Waals surface area contributed by atoms with Gasteiger partial charge in [-0.1, -0.05) is 18.9 Å². The van der Waals surface area contributed by atoms with Gasteiger partial charge in [0.1, 0.15) is 11.6 Å². The van der Waals surface area contributed by atoms with Crippen molar-refractivity contribution in [2.24, 2.45) is 0 Å². The number of halogens is 1. The lowest BCUT2D eigenvalue weighted by Gasteiger charge is -2.17. The molecule has 7 nitrogen and oxygen atoms in total. The van der Waals surface area contributed by atoms with Crippen LogP contribution in [0.4, 0.5) is 15.9 Å². The molecule has 1 fully saturated rings. The Bertz CT molecular complexity index is 816. The van der Waals surface area contributed by atoms with Crippen LogP contribution >= 0.6 is 0 Å². The van der Waals surface area contributed by atoms with Gasteiger partial charge in [-0.2, -0.15) is 5.10 Å². The molecule has 0 spiro atoms. The minimum absolute atomic E-state index is 0.114. The van der Waals surface area contributed by atoms with E-state index in [0.717, 1.165) is 18.7 Å². The van der Waals surface area contributed by atoms with E-state index in [9.17, 15) is 14.0 Å². The Morgan fingerprint density at radius 2 is 2.00 bits per heavy atom. The molecule has 0 aliphatic heterocycles. The van der Waals surface area contributed by atoms with E-state index in [2.05, 4.69) is 15.7 Å². The van der Waals surface area contributed by atoms with Gasteiger partial charge in [0.25, 0.3) is 0 Å². The summed E-state index contributed by atoms with van der Waals surface area (Å²) in [5, 5.41) is 9.90. The predicted octanol–water partition coefficient (Wildman–Crippen LogP) is 3.04. The number of carbonyl (C=O) groups is 2. The molecule has 0 radical (unpaired) electrons. The summed E-state index contributed by atoms with van der Waals surface area (Å²) in [6, 6.07) is 7.92. The van der Waals surface area contributed by atoms with Gasteiger partial charge in [0, 0.05) is 24.7 Å². The van der Waals surface area contributed by atoms with Crippen molar-refractivity contribution < 1.29 is 14.0 Å². The number of aromatic nitrogens is 2. The van der Waals surface area contributed by atoms with Crippen LogP contribution in [-0.2, 0) is 9.59 Å². The van der Waals surface area contributed by atoms with Gasteiger partial charge in [0.05, 0.1) is 18.8 Å². The van der Waals surface area contributed by atoms with E-state index < -0.39 is 5.82 Å². The molecule has 0 bridgehead atoms. The number of nitrogens with one attached hydrogen (secondary N) is 2. The number of carbonyl (C=O) groups excluding carboxylic acids is 2. The lowest BCUT2D eigenvalue weighted by molar-refractivity contribution is -0.119. The van der Waals surface area contributed by atoms with E-state index in [1.54, 1.807) is 24.2 Å². The number of anilines is 2. The van der Waals surface area contributed by atoms with Crippen molar-refractivity contribution in [3.05, 3.63) is 42.3 Å². The van der Waals surface area contributed by atoms with Crippen molar-refractivity contribution in [3.8, 4) is 0 Å². The third kappa shape index (κ3) is 5.63. The van der Waals surface area contributed by atoms with Crippen molar-refractivity contribution in [2.75, 3.05) is 30.8 Å². The molecule has 3 rings (SSSR count). The van der Waals surface area contributed by atoms with E-state index in [1.165, 1.54) is 31.0 Å². The minimum atomic E-state index is -0.403. The van der Waals surface area contributed by atoms with Crippen molar-refractivity contribution >= 4 is 23.3 Å². The van der Waals surface area contributed by atoms with Crippen LogP contribution in [0.1, 0.15) is 38.1 Å². The minimum Gasteiger partial charge on any atom is -0.325 e. The first-order chi connectivity index (χ1) is 13.5. The summed E-state index contributed by atoms with van der Waals surface area (Å²) in [6.07, 6.45) is 6.54. The molecule has 0 saturated heterocycles. The quantitative estimate of drug-likeness (QED) is 0.730. The molecule has 150 valence electrons. The highest BCUT2D eigenvalue weighted by Gasteiger charge is 2.20. The SMILES string of the molecule is CN(CCC(=O)Nc1ccnn1C1CCCC1)CC(=O)Nc1cccc(F)c1. The van der Waals surface area contributed by atoms with Crippen molar-refractivity contribution in [2.45, 2.75) is 38.1 Å². The van der Waals surface area contributed by atoms with Crippen molar-refractivity contribution in [1.29, 1.82) is 0 Å². The Balaban J connectivity index is 1.42. The van der Waals surface area contributed by atoms with E-state index in [0.29, 0.717) is 18.3 Å². The number of likely N-dealkylation sites (N-methyl/N-ethyl adjacent to an activating group) is 1. The summed E-state index contributed by atoms with van der Waals surface area (Å²) in [5.74, 6) is -0.0481. The van der Waals surface area contributed by atoms with Gasteiger partial charge in [0.2, 0.25) is 11.8 Å². The zero-order valence-electron chi connectivity index (χ0n) is 16.0. The average Bonchev–Trinajstić information content (AvgIpc) is 3.31. The summed E-state index contributed by atoms with van der Waals surface area (Å²) in [6.45, 7) is 0.545. The summed E-state index contributed by atoms with van der Waals surface area (Å²) in [5.41, 5.74) is 0.413. The molecule has 2 amide bonds. The zero-order chi connectivity index (χ0) is 19.9. The lowest BCUT2D eigenvalue weighted by Crippen LogP contribution is -2.32. The first kappa shape index (κ1) is 20.0. The average molecular weight is 387 g/mol. The monoisotopic (exact) mass is 387 g/mol. The van der Waals surface area contributed by atoms with E-state index in [-0.39, 0.29) is 24.8 Å². The molecule has 0 unspecified atom stereocenters. The number of benzene rings is 1. The number of nitrogens with zero attached hydrogens (tertiary/aromatic N) is 3. The molecule has 1 aliphatic rings. The van der Waals surface area contributed by atoms with Gasteiger partial charge >= 0.3 is 0 Å². The summed E-state index contributed by atoms with van der Waals surface area (Å²) >= 11 is 0. The third-order valence-corrected chi connectivity index (χ3v) is 4.85. The maximum Gasteiger partial charge on any atom is 0.238 e. The lowest BCUT2D eigenvalue weighted by atomic mass is 10.2. The molecule has 28 heavy (non-hydrogen) atoms. The summed E-state index contributed by atoms with van der Waals surface area (Å²) < 4.78 is 15.1. The van der Waals surface area contributed by atoms with E-state index in [1.807, 2.05) is 10.7 Å². The van der Waals surface area contributed by atoms with Crippen molar-refractivity contribution in [3.63, 3.8) is 0 Å². The highest BCUT2D eigenvalue weighted by Crippen LogP contribution is 2.31. The number of rotatable bonds is 8. The molecule has 0 atom stereocenters. The fourth-order valence-corrected chi connectivity index (χ4v) is 3.44. The Morgan fingerprint density at radius 1 is 1.21 bits per heavy atom. The van der Waals surface area contributed by atoms with Crippen LogP contribution in [-0.4, -0.2) is 46.6 Å².